The first-order valence-electron chi connectivity index (χ1n) is 10.1. The van der Waals surface area contributed by atoms with E-state index in [1.165, 1.54) is 0 Å². The van der Waals surface area contributed by atoms with Crippen molar-refractivity contribution in [1.82, 2.24) is 25.0 Å². The van der Waals surface area contributed by atoms with Gasteiger partial charge in [0.15, 0.2) is 6.61 Å². The van der Waals surface area contributed by atoms with Gasteiger partial charge in [0.05, 0.1) is 0 Å². The van der Waals surface area contributed by atoms with Gasteiger partial charge in [-0.2, -0.15) is 0 Å². The molecule has 0 atom stereocenters. The molecule has 1 aliphatic heterocycles. The number of carbonyl (C=O) groups is 2. The highest BCUT2D eigenvalue weighted by Gasteiger charge is 2.22. The van der Waals surface area contributed by atoms with E-state index in [-0.39, 0.29) is 24.3 Å². The molecule has 2 heterocycles. The summed E-state index contributed by atoms with van der Waals surface area (Å²) in [5.74, 6) is 2.38. The maximum absolute atomic E-state index is 12.6. The second-order valence-electron chi connectivity index (χ2n) is 7.61. The van der Waals surface area contributed by atoms with Gasteiger partial charge >= 0.3 is 0 Å². The molecular formula is C21H29N5O3. The van der Waals surface area contributed by atoms with Crippen LogP contribution in [0.5, 0.6) is 5.75 Å². The number of ether oxygens (including phenoxy) is 1. The molecule has 29 heavy (non-hydrogen) atoms. The lowest BCUT2D eigenvalue weighted by atomic mass is 10.2. The zero-order valence-corrected chi connectivity index (χ0v) is 17.4. The smallest absolute Gasteiger partial charge is 0.260 e. The normalized spacial score (nSPS) is 13.7. The molecule has 1 aromatic heterocycles. The van der Waals surface area contributed by atoms with Crippen molar-refractivity contribution in [1.29, 1.82) is 0 Å². The average molecular weight is 399 g/mol. The van der Waals surface area contributed by atoms with Gasteiger partial charge in [-0.15, -0.1) is 10.2 Å². The Hall–Kier alpha value is -2.90. The molecule has 0 fully saturated rings. The summed E-state index contributed by atoms with van der Waals surface area (Å²) in [7, 11) is 0. The van der Waals surface area contributed by atoms with Crippen LogP contribution in [0, 0.1) is 12.8 Å². The van der Waals surface area contributed by atoms with Crippen molar-refractivity contribution in [2.75, 3.05) is 26.2 Å². The van der Waals surface area contributed by atoms with E-state index >= 15 is 0 Å². The van der Waals surface area contributed by atoms with E-state index < -0.39 is 0 Å². The number of carbonyl (C=O) groups excluding carboxylic acids is 2. The van der Waals surface area contributed by atoms with Crippen LogP contribution in [0.25, 0.3) is 0 Å². The summed E-state index contributed by atoms with van der Waals surface area (Å²) in [6, 6.07) is 7.67. The monoisotopic (exact) mass is 399 g/mol. The number of rotatable bonds is 7. The Morgan fingerprint density at radius 3 is 2.62 bits per heavy atom. The molecule has 1 aromatic carbocycles. The maximum Gasteiger partial charge on any atom is 0.260 e. The molecule has 3 rings (SSSR count). The van der Waals surface area contributed by atoms with Gasteiger partial charge in [-0.05, 0) is 19.1 Å². The molecule has 156 valence electrons. The molecule has 2 aromatic rings. The first-order chi connectivity index (χ1) is 13.9. The van der Waals surface area contributed by atoms with Gasteiger partial charge in [-0.25, -0.2) is 0 Å². The maximum atomic E-state index is 12.6. The number of benzene rings is 1. The highest BCUT2D eigenvalue weighted by Crippen LogP contribution is 2.13. The van der Waals surface area contributed by atoms with Crippen LogP contribution in [-0.4, -0.2) is 57.7 Å². The molecule has 0 saturated carbocycles. The van der Waals surface area contributed by atoms with Crippen LogP contribution in [0.4, 0.5) is 0 Å². The standard InChI is InChI=1S/C21H29N5O3/c1-15(2)21(28)22-10-8-18-23-24-19-9-11-25(12-13-26(18)19)20(27)14-29-17-6-4-16(3)5-7-17/h4-7,15H,8-14H2,1-3H3,(H,22,28). The number of aromatic nitrogens is 3. The van der Waals surface area contributed by atoms with E-state index in [9.17, 15) is 9.59 Å². The van der Waals surface area contributed by atoms with Gasteiger partial charge in [0.25, 0.3) is 5.91 Å². The molecule has 8 heteroatoms. The van der Waals surface area contributed by atoms with Gasteiger partial charge in [0.2, 0.25) is 5.91 Å². The minimum Gasteiger partial charge on any atom is -0.484 e. The fraction of sp³-hybridized carbons (Fsp3) is 0.524. The Morgan fingerprint density at radius 2 is 1.90 bits per heavy atom. The Bertz CT molecular complexity index is 845. The number of nitrogens with zero attached hydrogens (tertiary/aromatic N) is 4. The third kappa shape index (κ3) is 5.56. The third-order valence-electron chi connectivity index (χ3n) is 5.01. The molecule has 8 nitrogen and oxygen atoms in total. The van der Waals surface area contributed by atoms with Crippen LogP contribution in [0.15, 0.2) is 24.3 Å². The number of hydrogen-bond donors (Lipinski definition) is 1. The molecule has 0 bridgehead atoms. The lowest BCUT2D eigenvalue weighted by Crippen LogP contribution is -2.37. The highest BCUT2D eigenvalue weighted by molar-refractivity contribution is 5.78. The van der Waals surface area contributed by atoms with Gasteiger partial charge in [0.1, 0.15) is 17.4 Å². The van der Waals surface area contributed by atoms with E-state index in [0.29, 0.717) is 44.8 Å². The van der Waals surface area contributed by atoms with Crippen molar-refractivity contribution in [2.45, 2.75) is 40.2 Å². The van der Waals surface area contributed by atoms with Gasteiger partial charge in [-0.3, -0.25) is 9.59 Å². The van der Waals surface area contributed by atoms with E-state index in [4.69, 9.17) is 4.74 Å². The number of nitrogens with one attached hydrogen (secondary N) is 1. The van der Waals surface area contributed by atoms with E-state index in [2.05, 4.69) is 20.1 Å². The second kappa shape index (κ2) is 9.54. The van der Waals surface area contributed by atoms with Gasteiger partial charge in [-0.1, -0.05) is 31.5 Å². The first kappa shape index (κ1) is 20.8. The van der Waals surface area contributed by atoms with Crippen LogP contribution in [0.3, 0.4) is 0 Å². The quantitative estimate of drug-likeness (QED) is 0.759. The average Bonchev–Trinajstić information content (AvgIpc) is 2.96. The van der Waals surface area contributed by atoms with Crippen LogP contribution in [0.1, 0.15) is 31.1 Å². The lowest BCUT2D eigenvalue weighted by Gasteiger charge is -2.20. The predicted molar refractivity (Wildman–Crippen MR) is 109 cm³/mol. The van der Waals surface area contributed by atoms with E-state index in [0.717, 1.165) is 17.2 Å². The molecule has 1 aliphatic rings. The Labute approximate surface area is 171 Å². The fourth-order valence-electron chi connectivity index (χ4n) is 3.19. The fourth-order valence-corrected chi connectivity index (χ4v) is 3.19. The van der Waals surface area contributed by atoms with Gasteiger partial charge < -0.3 is 19.5 Å². The molecule has 2 amide bonds. The van der Waals surface area contributed by atoms with Crippen molar-refractivity contribution in [3.05, 3.63) is 41.5 Å². The number of amides is 2. The van der Waals surface area contributed by atoms with Crippen LogP contribution >= 0.6 is 0 Å². The molecule has 0 radical (unpaired) electrons. The summed E-state index contributed by atoms with van der Waals surface area (Å²) < 4.78 is 7.69. The van der Waals surface area contributed by atoms with Crippen molar-refractivity contribution in [3.8, 4) is 5.75 Å². The molecular weight excluding hydrogens is 370 g/mol. The van der Waals surface area contributed by atoms with Crippen LogP contribution in [-0.2, 0) is 29.0 Å². The zero-order valence-electron chi connectivity index (χ0n) is 17.4. The molecule has 1 N–H and O–H groups in total. The third-order valence-corrected chi connectivity index (χ3v) is 5.01. The van der Waals surface area contributed by atoms with E-state index in [1.807, 2.05) is 49.9 Å². The molecule has 0 saturated heterocycles. The number of fused-ring (bicyclic) bond motifs is 1. The van der Waals surface area contributed by atoms with Crippen molar-refractivity contribution in [2.24, 2.45) is 5.92 Å². The lowest BCUT2D eigenvalue weighted by molar-refractivity contribution is -0.133. The Balaban J connectivity index is 1.51. The second-order valence-corrected chi connectivity index (χ2v) is 7.61. The number of aryl methyl sites for hydroxylation is 1. The minimum absolute atomic E-state index is 0.0255. The van der Waals surface area contributed by atoms with Crippen molar-refractivity contribution in [3.63, 3.8) is 0 Å². The van der Waals surface area contributed by atoms with Crippen LogP contribution in [0.2, 0.25) is 0 Å². The summed E-state index contributed by atoms with van der Waals surface area (Å²) in [4.78, 5) is 26.1. The molecule has 0 aliphatic carbocycles. The number of hydrogen-bond acceptors (Lipinski definition) is 5. The summed E-state index contributed by atoms with van der Waals surface area (Å²) in [6.45, 7) is 8.13. The first-order valence-corrected chi connectivity index (χ1v) is 10.1. The summed E-state index contributed by atoms with van der Waals surface area (Å²) >= 11 is 0. The van der Waals surface area contributed by atoms with Gasteiger partial charge in [0, 0.05) is 44.9 Å². The largest absolute Gasteiger partial charge is 0.484 e. The summed E-state index contributed by atoms with van der Waals surface area (Å²) in [5.41, 5.74) is 1.15. The SMILES string of the molecule is Cc1ccc(OCC(=O)N2CCc3nnc(CCNC(=O)C(C)C)n3CC2)cc1. The molecule has 0 spiro atoms. The van der Waals surface area contributed by atoms with E-state index in [1.54, 1.807) is 0 Å². The van der Waals surface area contributed by atoms with Crippen molar-refractivity contribution < 1.29 is 14.3 Å². The zero-order chi connectivity index (χ0) is 20.8. The predicted octanol–water partition coefficient (Wildman–Crippen LogP) is 1.36. The molecule has 0 unspecified atom stereocenters. The Kier molecular flexibility index (Phi) is 6.85. The van der Waals surface area contributed by atoms with Crippen LogP contribution < -0.4 is 10.1 Å². The van der Waals surface area contributed by atoms with Crippen molar-refractivity contribution >= 4 is 11.8 Å². The summed E-state index contributed by atoms with van der Waals surface area (Å²) in [6.07, 6.45) is 1.28. The Morgan fingerprint density at radius 1 is 1.14 bits per heavy atom. The topological polar surface area (TPSA) is 89.3 Å². The minimum atomic E-state index is -0.0350. The summed E-state index contributed by atoms with van der Waals surface area (Å²) in [5, 5.41) is 11.4. The highest BCUT2D eigenvalue weighted by atomic mass is 16.5.